The zero-order valence-corrected chi connectivity index (χ0v) is 7.41. The zero-order chi connectivity index (χ0) is 9.84. The van der Waals surface area contributed by atoms with Crippen LogP contribution in [0, 0.1) is 17.1 Å². The molecule has 13 heavy (non-hydrogen) atoms. The average Bonchev–Trinajstić information content (AvgIpc) is 2.16. The first-order valence-corrected chi connectivity index (χ1v) is 3.67. The Labute approximate surface area is 75.9 Å². The van der Waals surface area contributed by atoms with Crippen molar-refractivity contribution in [2.24, 2.45) is 0 Å². The van der Waals surface area contributed by atoms with Crippen LogP contribution in [0.15, 0.2) is 18.2 Å². The minimum Gasteiger partial charge on any atom is -0.277 e. The molecular formula is C9H9FN2O. The summed E-state index contributed by atoms with van der Waals surface area (Å²) < 4.78 is 13.0. The lowest BCUT2D eigenvalue weighted by Gasteiger charge is -2.16. The zero-order valence-electron chi connectivity index (χ0n) is 7.41. The number of hydrogen-bond acceptors (Lipinski definition) is 3. The first-order valence-electron chi connectivity index (χ1n) is 3.67. The summed E-state index contributed by atoms with van der Waals surface area (Å²) in [5, 5.41) is 10.0. The van der Waals surface area contributed by atoms with E-state index < -0.39 is 5.82 Å². The van der Waals surface area contributed by atoms with Gasteiger partial charge in [-0.3, -0.25) is 9.90 Å². The molecule has 0 aliphatic carbocycles. The molecule has 0 aromatic heterocycles. The van der Waals surface area contributed by atoms with Crippen LogP contribution in [0.1, 0.15) is 5.56 Å². The van der Waals surface area contributed by atoms with Gasteiger partial charge in [-0.15, -0.1) is 0 Å². The van der Waals surface area contributed by atoms with E-state index in [1.165, 1.54) is 24.3 Å². The van der Waals surface area contributed by atoms with Crippen LogP contribution in [0.3, 0.4) is 0 Å². The van der Waals surface area contributed by atoms with Gasteiger partial charge in [0.15, 0.2) is 0 Å². The van der Waals surface area contributed by atoms with Gasteiger partial charge in [-0.05, 0) is 12.1 Å². The van der Waals surface area contributed by atoms with E-state index >= 15 is 0 Å². The summed E-state index contributed by atoms with van der Waals surface area (Å²) in [7, 11) is 3.06. The Bertz CT molecular complexity index is 346. The van der Waals surface area contributed by atoms with Crippen molar-refractivity contribution in [3.8, 4) is 6.07 Å². The van der Waals surface area contributed by atoms with Crippen molar-refractivity contribution in [2.75, 3.05) is 19.2 Å². The SMILES string of the molecule is CON(C)c1cccc(F)c1C#N. The van der Waals surface area contributed by atoms with Gasteiger partial charge in [-0.2, -0.15) is 5.26 Å². The molecule has 0 saturated carbocycles. The number of benzene rings is 1. The van der Waals surface area contributed by atoms with Gasteiger partial charge in [0.25, 0.3) is 0 Å². The lowest BCUT2D eigenvalue weighted by Crippen LogP contribution is -2.16. The molecule has 68 valence electrons. The third kappa shape index (κ3) is 1.76. The second-order valence-electron chi connectivity index (χ2n) is 2.43. The van der Waals surface area contributed by atoms with Crippen LogP contribution in [0.5, 0.6) is 0 Å². The van der Waals surface area contributed by atoms with Crippen LogP contribution in [0.25, 0.3) is 0 Å². The molecule has 0 radical (unpaired) electrons. The van der Waals surface area contributed by atoms with Crippen LogP contribution >= 0.6 is 0 Å². The van der Waals surface area contributed by atoms with E-state index in [-0.39, 0.29) is 5.56 Å². The molecule has 0 saturated heterocycles. The molecule has 0 amide bonds. The van der Waals surface area contributed by atoms with E-state index in [0.29, 0.717) is 5.69 Å². The number of halogens is 1. The fraction of sp³-hybridized carbons (Fsp3) is 0.222. The van der Waals surface area contributed by atoms with Gasteiger partial charge in [-0.1, -0.05) is 6.07 Å². The maximum atomic E-state index is 13.0. The number of anilines is 1. The third-order valence-corrected chi connectivity index (χ3v) is 1.72. The second kappa shape index (κ2) is 3.87. The highest BCUT2D eigenvalue weighted by Gasteiger charge is 2.10. The monoisotopic (exact) mass is 180 g/mol. The van der Waals surface area contributed by atoms with Crippen LogP contribution in [-0.4, -0.2) is 14.2 Å². The lowest BCUT2D eigenvalue weighted by atomic mass is 10.2. The molecule has 3 nitrogen and oxygen atoms in total. The molecule has 0 bridgehead atoms. The van der Waals surface area contributed by atoms with Gasteiger partial charge >= 0.3 is 0 Å². The summed E-state index contributed by atoms with van der Waals surface area (Å²) in [6.07, 6.45) is 0. The molecule has 4 heteroatoms. The molecule has 1 aromatic rings. The predicted molar refractivity (Wildman–Crippen MR) is 46.5 cm³/mol. The van der Waals surface area contributed by atoms with Crippen molar-refractivity contribution in [1.82, 2.24) is 0 Å². The molecule has 0 heterocycles. The van der Waals surface area contributed by atoms with E-state index in [1.807, 2.05) is 0 Å². The molecule has 0 aliphatic rings. The molecular weight excluding hydrogens is 171 g/mol. The smallest absolute Gasteiger partial charge is 0.143 e. The maximum Gasteiger partial charge on any atom is 0.143 e. The van der Waals surface area contributed by atoms with Crippen LogP contribution in [0.4, 0.5) is 10.1 Å². The summed E-state index contributed by atoms with van der Waals surface area (Å²) in [5.74, 6) is -0.538. The molecule has 0 N–H and O–H groups in total. The Morgan fingerprint density at radius 2 is 2.23 bits per heavy atom. The maximum absolute atomic E-state index is 13.0. The van der Waals surface area contributed by atoms with E-state index in [0.717, 1.165) is 0 Å². The Morgan fingerprint density at radius 3 is 2.77 bits per heavy atom. The van der Waals surface area contributed by atoms with Crippen molar-refractivity contribution >= 4 is 5.69 Å². The van der Waals surface area contributed by atoms with Crippen molar-refractivity contribution < 1.29 is 9.23 Å². The first kappa shape index (κ1) is 9.49. The van der Waals surface area contributed by atoms with E-state index in [9.17, 15) is 4.39 Å². The minimum absolute atomic E-state index is 0.00755. The number of nitriles is 1. The van der Waals surface area contributed by atoms with Crippen LogP contribution in [-0.2, 0) is 4.84 Å². The van der Waals surface area contributed by atoms with Crippen LogP contribution in [0.2, 0.25) is 0 Å². The summed E-state index contributed by atoms with van der Waals surface area (Å²) in [4.78, 5) is 4.85. The van der Waals surface area contributed by atoms with Gasteiger partial charge in [0, 0.05) is 7.05 Å². The molecule has 0 unspecified atom stereocenters. The largest absolute Gasteiger partial charge is 0.277 e. The van der Waals surface area contributed by atoms with Crippen molar-refractivity contribution in [3.05, 3.63) is 29.6 Å². The average molecular weight is 180 g/mol. The van der Waals surface area contributed by atoms with Gasteiger partial charge in [-0.25, -0.2) is 4.39 Å². The molecule has 0 atom stereocenters. The van der Waals surface area contributed by atoms with E-state index in [1.54, 1.807) is 19.2 Å². The third-order valence-electron chi connectivity index (χ3n) is 1.72. The number of hydrogen-bond donors (Lipinski definition) is 0. The summed E-state index contributed by atoms with van der Waals surface area (Å²) in [6, 6.07) is 6.17. The Morgan fingerprint density at radius 1 is 1.54 bits per heavy atom. The summed E-state index contributed by atoms with van der Waals surface area (Å²) in [5.41, 5.74) is 0.414. The highest BCUT2D eigenvalue weighted by atomic mass is 19.1. The Kier molecular flexibility index (Phi) is 2.83. The molecule has 1 aromatic carbocycles. The molecule has 0 aliphatic heterocycles. The topological polar surface area (TPSA) is 36.3 Å². The van der Waals surface area contributed by atoms with E-state index in [2.05, 4.69) is 0 Å². The number of nitrogens with zero attached hydrogens (tertiary/aromatic N) is 2. The fourth-order valence-electron chi connectivity index (χ4n) is 0.984. The highest BCUT2D eigenvalue weighted by molar-refractivity contribution is 5.57. The van der Waals surface area contributed by atoms with Gasteiger partial charge in [0.05, 0.1) is 12.8 Å². The minimum atomic E-state index is -0.538. The predicted octanol–water partition coefficient (Wildman–Crippen LogP) is 1.69. The van der Waals surface area contributed by atoms with Gasteiger partial charge in [0.1, 0.15) is 17.4 Å². The first-order chi connectivity index (χ1) is 6.20. The number of rotatable bonds is 2. The number of hydroxylamine groups is 1. The quantitative estimate of drug-likeness (QED) is 0.650. The molecule has 0 spiro atoms. The standard InChI is InChI=1S/C9H9FN2O/c1-12(13-2)9-5-3-4-8(10)7(9)6-11/h3-5H,1-2H3. The molecule has 0 fully saturated rings. The fourth-order valence-corrected chi connectivity index (χ4v) is 0.984. The van der Waals surface area contributed by atoms with Gasteiger partial charge in [0.2, 0.25) is 0 Å². The van der Waals surface area contributed by atoms with E-state index in [4.69, 9.17) is 10.1 Å². The normalized spacial score (nSPS) is 9.38. The summed E-state index contributed by atoms with van der Waals surface area (Å²) in [6.45, 7) is 0. The van der Waals surface area contributed by atoms with Crippen LogP contribution < -0.4 is 5.06 Å². The summed E-state index contributed by atoms with van der Waals surface area (Å²) >= 11 is 0. The molecule has 1 rings (SSSR count). The Balaban J connectivity index is 3.22. The van der Waals surface area contributed by atoms with Crippen molar-refractivity contribution in [2.45, 2.75) is 0 Å². The highest BCUT2D eigenvalue weighted by Crippen LogP contribution is 2.20. The van der Waals surface area contributed by atoms with Crippen molar-refractivity contribution in [3.63, 3.8) is 0 Å². The second-order valence-corrected chi connectivity index (χ2v) is 2.43. The van der Waals surface area contributed by atoms with Crippen molar-refractivity contribution in [1.29, 1.82) is 5.26 Å². The Hall–Kier alpha value is -1.60. The van der Waals surface area contributed by atoms with Gasteiger partial charge < -0.3 is 0 Å². The lowest BCUT2D eigenvalue weighted by molar-refractivity contribution is 0.184.